The quantitative estimate of drug-likeness (QED) is 0.847. The van der Waals surface area contributed by atoms with Gasteiger partial charge in [0.25, 0.3) is 0 Å². The van der Waals surface area contributed by atoms with Gasteiger partial charge in [0.2, 0.25) is 5.91 Å². The number of likely N-dealkylation sites (tertiary alicyclic amines) is 1. The first-order chi connectivity index (χ1) is 10.1. The first-order valence-electron chi connectivity index (χ1n) is 7.90. The third kappa shape index (κ3) is 6.68. The maximum atomic E-state index is 11.8. The number of piperidine rings is 1. The lowest BCUT2D eigenvalue weighted by Gasteiger charge is -2.37. The predicted molar refractivity (Wildman–Crippen MR) is 100 cm³/mol. The van der Waals surface area contributed by atoms with E-state index in [2.05, 4.69) is 41.4 Å². The van der Waals surface area contributed by atoms with Gasteiger partial charge in [-0.2, -0.15) is 0 Å². The molecule has 1 heterocycles. The predicted octanol–water partition coefficient (Wildman–Crippen LogP) is 2.77. The topological polar surface area (TPSA) is 58.4 Å². The summed E-state index contributed by atoms with van der Waals surface area (Å²) >= 11 is 0. The van der Waals surface area contributed by atoms with Crippen LogP contribution in [0.3, 0.4) is 0 Å². The molecule has 1 aromatic rings. The minimum absolute atomic E-state index is 0. The van der Waals surface area contributed by atoms with E-state index in [1.54, 1.807) is 6.92 Å². The molecule has 6 heteroatoms. The minimum atomic E-state index is -0.456. The smallest absolute Gasteiger partial charge is 0.236 e. The average Bonchev–Trinajstić information content (AvgIpc) is 2.50. The lowest BCUT2D eigenvalue weighted by Crippen LogP contribution is -2.45. The lowest BCUT2D eigenvalue weighted by atomic mass is 9.95. The Bertz CT molecular complexity index is 448. The van der Waals surface area contributed by atoms with Crippen LogP contribution in [-0.4, -0.2) is 36.5 Å². The number of nitrogens with two attached hydrogens (primary N) is 1. The Labute approximate surface area is 152 Å². The molecule has 1 saturated heterocycles. The van der Waals surface area contributed by atoms with E-state index in [9.17, 15) is 4.79 Å². The van der Waals surface area contributed by atoms with Crippen LogP contribution in [0.2, 0.25) is 0 Å². The molecule has 1 amide bonds. The molecule has 2 rings (SSSR count). The van der Waals surface area contributed by atoms with Crippen LogP contribution >= 0.6 is 24.8 Å². The molecule has 0 aliphatic carbocycles. The molecule has 132 valence electrons. The molecule has 1 aromatic carbocycles. The average molecular weight is 362 g/mol. The van der Waals surface area contributed by atoms with Crippen LogP contribution in [0.4, 0.5) is 0 Å². The van der Waals surface area contributed by atoms with Crippen LogP contribution in [-0.2, 0) is 4.79 Å². The summed E-state index contributed by atoms with van der Waals surface area (Å²) in [6.45, 7) is 6.84. The summed E-state index contributed by atoms with van der Waals surface area (Å²) < 4.78 is 0. The maximum absolute atomic E-state index is 11.8. The highest BCUT2D eigenvalue weighted by atomic mass is 35.5. The first kappa shape index (κ1) is 22.2. The Hall–Kier alpha value is -0.810. The van der Waals surface area contributed by atoms with Crippen LogP contribution in [0.25, 0.3) is 0 Å². The van der Waals surface area contributed by atoms with Gasteiger partial charge in [-0.25, -0.2) is 0 Å². The fourth-order valence-electron chi connectivity index (χ4n) is 2.83. The largest absolute Gasteiger partial charge is 0.353 e. The van der Waals surface area contributed by atoms with E-state index >= 15 is 0 Å². The van der Waals surface area contributed by atoms with Crippen molar-refractivity contribution in [2.45, 2.75) is 38.8 Å². The number of hydrogen-bond acceptors (Lipinski definition) is 3. The number of nitrogens with one attached hydrogen (secondary N) is 1. The first-order valence-corrected chi connectivity index (χ1v) is 7.90. The molecule has 1 unspecified atom stereocenters. The van der Waals surface area contributed by atoms with Gasteiger partial charge in [-0.15, -0.1) is 24.8 Å². The van der Waals surface area contributed by atoms with Gasteiger partial charge in [0.1, 0.15) is 0 Å². The molecule has 0 aromatic heterocycles. The van der Waals surface area contributed by atoms with E-state index in [0.717, 1.165) is 19.0 Å². The van der Waals surface area contributed by atoms with E-state index < -0.39 is 6.04 Å². The fourth-order valence-corrected chi connectivity index (χ4v) is 2.83. The number of carbonyl (C=O) groups excluding carboxylic acids is 1. The number of benzene rings is 1. The van der Waals surface area contributed by atoms with E-state index in [0.29, 0.717) is 6.54 Å². The third-order valence-electron chi connectivity index (χ3n) is 4.33. The summed E-state index contributed by atoms with van der Waals surface area (Å²) in [4.78, 5) is 14.2. The standard InChI is InChI=1S/C17H27N3O.2ClH/c1-13-8-10-20(11-9-13)16(12-19-17(21)14(2)18)15-6-4-3-5-7-15;;/h3-7,13-14,16H,8-12,18H2,1-2H3,(H,19,21);2*1H/t14-,16?;;/m1../s1. The number of halogens is 2. The molecule has 3 N–H and O–H groups in total. The maximum Gasteiger partial charge on any atom is 0.236 e. The highest BCUT2D eigenvalue weighted by molar-refractivity contribution is 5.85. The fraction of sp³-hybridized carbons (Fsp3) is 0.588. The second kappa shape index (κ2) is 10.9. The van der Waals surface area contributed by atoms with Gasteiger partial charge >= 0.3 is 0 Å². The van der Waals surface area contributed by atoms with Crippen molar-refractivity contribution < 1.29 is 4.79 Å². The van der Waals surface area contributed by atoms with Crippen LogP contribution in [0.1, 0.15) is 38.3 Å². The van der Waals surface area contributed by atoms with Gasteiger partial charge < -0.3 is 11.1 Å². The van der Waals surface area contributed by atoms with Crippen molar-refractivity contribution in [2.24, 2.45) is 11.7 Å². The van der Waals surface area contributed by atoms with Crippen molar-refractivity contribution in [3.05, 3.63) is 35.9 Å². The lowest BCUT2D eigenvalue weighted by molar-refractivity contribution is -0.122. The molecule has 1 fully saturated rings. The molecule has 1 aliphatic heterocycles. The summed E-state index contributed by atoms with van der Waals surface area (Å²) in [5, 5.41) is 2.98. The molecular formula is C17H29Cl2N3O. The van der Waals surface area contributed by atoms with Crippen LogP contribution < -0.4 is 11.1 Å². The molecule has 2 atom stereocenters. The Kier molecular flexibility index (Phi) is 10.5. The zero-order valence-electron chi connectivity index (χ0n) is 13.9. The van der Waals surface area contributed by atoms with E-state index in [1.165, 1.54) is 18.4 Å². The van der Waals surface area contributed by atoms with E-state index in [1.807, 2.05) is 6.07 Å². The Morgan fingerprint density at radius 1 is 1.26 bits per heavy atom. The molecule has 0 bridgehead atoms. The Morgan fingerprint density at radius 2 is 1.83 bits per heavy atom. The van der Waals surface area contributed by atoms with Gasteiger partial charge in [-0.3, -0.25) is 9.69 Å². The Balaban J connectivity index is 0.00000242. The van der Waals surface area contributed by atoms with Crippen molar-refractivity contribution >= 4 is 30.7 Å². The van der Waals surface area contributed by atoms with Crippen molar-refractivity contribution in [3.8, 4) is 0 Å². The number of rotatable bonds is 5. The molecule has 0 saturated carbocycles. The molecule has 4 nitrogen and oxygen atoms in total. The van der Waals surface area contributed by atoms with Gasteiger partial charge in [0.15, 0.2) is 0 Å². The van der Waals surface area contributed by atoms with Crippen molar-refractivity contribution in [1.82, 2.24) is 10.2 Å². The number of amides is 1. The highest BCUT2D eigenvalue weighted by Crippen LogP contribution is 2.26. The molecule has 1 aliphatic rings. The third-order valence-corrected chi connectivity index (χ3v) is 4.33. The SMILES string of the molecule is CC1CCN(C(CNC(=O)[C@@H](C)N)c2ccccc2)CC1.Cl.Cl. The summed E-state index contributed by atoms with van der Waals surface area (Å²) in [7, 11) is 0. The molecule has 23 heavy (non-hydrogen) atoms. The van der Waals surface area contributed by atoms with Crippen LogP contribution in [0, 0.1) is 5.92 Å². The van der Waals surface area contributed by atoms with Gasteiger partial charge in [-0.1, -0.05) is 37.3 Å². The highest BCUT2D eigenvalue weighted by Gasteiger charge is 2.25. The second-order valence-corrected chi connectivity index (χ2v) is 6.18. The second-order valence-electron chi connectivity index (χ2n) is 6.18. The monoisotopic (exact) mass is 361 g/mol. The number of nitrogens with zero attached hydrogens (tertiary/aromatic N) is 1. The minimum Gasteiger partial charge on any atom is -0.353 e. The number of hydrogen-bond donors (Lipinski definition) is 2. The van der Waals surface area contributed by atoms with E-state index in [-0.39, 0.29) is 36.8 Å². The zero-order chi connectivity index (χ0) is 15.2. The van der Waals surface area contributed by atoms with Crippen LogP contribution in [0.5, 0.6) is 0 Å². The summed E-state index contributed by atoms with van der Waals surface area (Å²) in [5.41, 5.74) is 6.89. The van der Waals surface area contributed by atoms with E-state index in [4.69, 9.17) is 5.73 Å². The molecule has 0 spiro atoms. The van der Waals surface area contributed by atoms with Gasteiger partial charge in [0, 0.05) is 6.54 Å². The number of carbonyl (C=O) groups is 1. The summed E-state index contributed by atoms with van der Waals surface area (Å²) in [6.07, 6.45) is 2.45. The van der Waals surface area contributed by atoms with Crippen molar-refractivity contribution in [3.63, 3.8) is 0 Å². The van der Waals surface area contributed by atoms with Crippen molar-refractivity contribution in [1.29, 1.82) is 0 Å². The Morgan fingerprint density at radius 3 is 2.35 bits per heavy atom. The van der Waals surface area contributed by atoms with Crippen molar-refractivity contribution in [2.75, 3.05) is 19.6 Å². The molecular weight excluding hydrogens is 333 g/mol. The van der Waals surface area contributed by atoms with Gasteiger partial charge in [0.05, 0.1) is 12.1 Å². The van der Waals surface area contributed by atoms with Crippen LogP contribution in [0.15, 0.2) is 30.3 Å². The normalized spacial score (nSPS) is 18.2. The van der Waals surface area contributed by atoms with Gasteiger partial charge in [-0.05, 0) is 44.3 Å². The summed E-state index contributed by atoms with van der Waals surface area (Å²) in [5.74, 6) is 0.720. The summed E-state index contributed by atoms with van der Waals surface area (Å²) in [6, 6.07) is 10.2. The molecule has 0 radical (unpaired) electrons. The zero-order valence-corrected chi connectivity index (χ0v) is 15.5.